The Morgan fingerprint density at radius 3 is 2.24 bits per heavy atom. The molecule has 1 fully saturated rings. The molecule has 1 atom stereocenters. The zero-order valence-corrected chi connectivity index (χ0v) is 17.3. The van der Waals surface area contributed by atoms with Crippen LogP contribution in [0.3, 0.4) is 0 Å². The molecule has 4 aromatic carbocycles. The van der Waals surface area contributed by atoms with E-state index in [0.29, 0.717) is 16.5 Å². The number of Topliss-reactive ketones (excluding diaryl/α,β-unsaturated/α-hetero) is 1. The van der Waals surface area contributed by atoms with Crippen LogP contribution in [0.25, 0.3) is 16.5 Å². The molecule has 1 aliphatic rings. The highest BCUT2D eigenvalue weighted by Gasteiger charge is 2.47. The monoisotopic (exact) mass is 439 g/mol. The van der Waals surface area contributed by atoms with Gasteiger partial charge < -0.3 is 10.2 Å². The molecule has 0 bridgehead atoms. The summed E-state index contributed by atoms with van der Waals surface area (Å²) in [5.74, 6) is -2.80. The normalized spacial score (nSPS) is 17.6. The van der Waals surface area contributed by atoms with Gasteiger partial charge in [-0.05, 0) is 40.6 Å². The lowest BCUT2D eigenvalue weighted by Crippen LogP contribution is -2.29. The standard InChI is InChI=1S/C27H18FNO4/c28-18-14-12-17(13-15-18)24-23(25(31)20-9-5-7-16-6-1-2-8-19(16)20)26(32)27(33)29(24)21-10-3-4-11-22(21)30/h1-15,24,30-31H/b25-23-. The molecule has 1 unspecified atom stereocenters. The molecule has 1 aliphatic heterocycles. The third-order valence-electron chi connectivity index (χ3n) is 5.82. The molecule has 162 valence electrons. The molecule has 0 aromatic heterocycles. The molecule has 0 saturated carbocycles. The second-order valence-electron chi connectivity index (χ2n) is 7.74. The number of para-hydroxylation sites is 2. The first-order valence-corrected chi connectivity index (χ1v) is 10.3. The number of rotatable bonds is 3. The van der Waals surface area contributed by atoms with Crippen LogP contribution in [0.4, 0.5) is 10.1 Å². The van der Waals surface area contributed by atoms with E-state index in [-0.39, 0.29) is 22.8 Å². The number of ketones is 1. The second-order valence-corrected chi connectivity index (χ2v) is 7.74. The summed E-state index contributed by atoms with van der Waals surface area (Å²) in [7, 11) is 0. The molecule has 2 N–H and O–H groups in total. The van der Waals surface area contributed by atoms with Gasteiger partial charge in [-0.1, -0.05) is 66.7 Å². The van der Waals surface area contributed by atoms with Crippen molar-refractivity contribution < 1.29 is 24.2 Å². The van der Waals surface area contributed by atoms with Crippen LogP contribution in [0, 0.1) is 5.82 Å². The van der Waals surface area contributed by atoms with Crippen LogP contribution >= 0.6 is 0 Å². The van der Waals surface area contributed by atoms with E-state index < -0.39 is 23.5 Å². The van der Waals surface area contributed by atoms with E-state index in [9.17, 15) is 24.2 Å². The third-order valence-corrected chi connectivity index (χ3v) is 5.82. The molecule has 1 amide bonds. The number of aromatic hydroxyl groups is 1. The van der Waals surface area contributed by atoms with Crippen LogP contribution in [0.15, 0.2) is 96.6 Å². The van der Waals surface area contributed by atoms with Crippen molar-refractivity contribution in [2.24, 2.45) is 0 Å². The van der Waals surface area contributed by atoms with Gasteiger partial charge in [0.05, 0.1) is 17.3 Å². The van der Waals surface area contributed by atoms with Crippen molar-refractivity contribution in [2.45, 2.75) is 6.04 Å². The molecule has 1 saturated heterocycles. The fourth-order valence-corrected chi connectivity index (χ4v) is 4.29. The molecule has 33 heavy (non-hydrogen) atoms. The number of carbonyl (C=O) groups excluding carboxylic acids is 2. The predicted octanol–water partition coefficient (Wildman–Crippen LogP) is 5.31. The summed E-state index contributed by atoms with van der Waals surface area (Å²) in [6.07, 6.45) is 0. The number of benzene rings is 4. The lowest BCUT2D eigenvalue weighted by atomic mass is 9.93. The van der Waals surface area contributed by atoms with Gasteiger partial charge in [-0.25, -0.2) is 4.39 Å². The van der Waals surface area contributed by atoms with Crippen LogP contribution in [0.2, 0.25) is 0 Å². The second kappa shape index (κ2) is 7.91. The van der Waals surface area contributed by atoms with Crippen molar-refractivity contribution in [3.05, 3.63) is 114 Å². The number of anilines is 1. The molecule has 0 spiro atoms. The highest BCUT2D eigenvalue weighted by Crippen LogP contribution is 2.45. The minimum absolute atomic E-state index is 0.117. The molecular weight excluding hydrogens is 421 g/mol. The summed E-state index contributed by atoms with van der Waals surface area (Å²) >= 11 is 0. The number of halogens is 1. The summed E-state index contributed by atoms with van der Waals surface area (Å²) in [5.41, 5.74) is 0.799. The number of aliphatic hydroxyl groups excluding tert-OH is 1. The first-order chi connectivity index (χ1) is 16.0. The summed E-state index contributed by atoms with van der Waals surface area (Å²) in [5, 5.41) is 23.4. The summed E-state index contributed by atoms with van der Waals surface area (Å²) in [6, 6.07) is 23.1. The van der Waals surface area contributed by atoms with Gasteiger partial charge in [-0.3, -0.25) is 14.5 Å². The van der Waals surface area contributed by atoms with Crippen LogP contribution in [0.1, 0.15) is 17.2 Å². The third kappa shape index (κ3) is 3.32. The zero-order valence-electron chi connectivity index (χ0n) is 17.3. The molecule has 4 aromatic rings. The Labute approximate surface area is 188 Å². The van der Waals surface area contributed by atoms with Crippen molar-refractivity contribution in [3.8, 4) is 5.75 Å². The first kappa shape index (κ1) is 20.5. The summed E-state index contributed by atoms with van der Waals surface area (Å²) in [4.78, 5) is 27.5. The Hall–Kier alpha value is -4.45. The van der Waals surface area contributed by atoms with Crippen LogP contribution in [-0.4, -0.2) is 21.9 Å². The van der Waals surface area contributed by atoms with Crippen molar-refractivity contribution in [2.75, 3.05) is 4.90 Å². The van der Waals surface area contributed by atoms with Gasteiger partial charge in [-0.15, -0.1) is 0 Å². The highest BCUT2D eigenvalue weighted by atomic mass is 19.1. The van der Waals surface area contributed by atoms with Crippen molar-refractivity contribution in [3.63, 3.8) is 0 Å². The Balaban J connectivity index is 1.79. The maximum atomic E-state index is 13.7. The maximum Gasteiger partial charge on any atom is 0.300 e. The lowest BCUT2D eigenvalue weighted by Gasteiger charge is -2.26. The van der Waals surface area contributed by atoms with E-state index >= 15 is 0 Å². The molecule has 6 heteroatoms. The number of amides is 1. The van der Waals surface area contributed by atoms with Crippen molar-refractivity contribution in [1.29, 1.82) is 0 Å². The topological polar surface area (TPSA) is 77.8 Å². The smallest absolute Gasteiger partial charge is 0.300 e. The van der Waals surface area contributed by atoms with Gasteiger partial charge in [0.2, 0.25) is 0 Å². The van der Waals surface area contributed by atoms with Crippen LogP contribution in [-0.2, 0) is 9.59 Å². The Bertz CT molecular complexity index is 1440. The van der Waals surface area contributed by atoms with Gasteiger partial charge in [0.25, 0.3) is 11.7 Å². The number of hydrogen-bond donors (Lipinski definition) is 2. The largest absolute Gasteiger partial charge is 0.507 e. The molecule has 5 nitrogen and oxygen atoms in total. The van der Waals surface area contributed by atoms with Crippen molar-refractivity contribution in [1.82, 2.24) is 0 Å². The first-order valence-electron chi connectivity index (χ1n) is 10.3. The summed E-state index contributed by atoms with van der Waals surface area (Å²) in [6.45, 7) is 0. The minimum Gasteiger partial charge on any atom is -0.507 e. The highest BCUT2D eigenvalue weighted by molar-refractivity contribution is 6.52. The van der Waals surface area contributed by atoms with E-state index in [1.165, 1.54) is 36.4 Å². The number of phenols is 1. The molecule has 1 heterocycles. The van der Waals surface area contributed by atoms with E-state index in [1.54, 1.807) is 24.3 Å². The number of phenolic OH excluding ortho intramolecular Hbond substituents is 1. The fraction of sp³-hybridized carbons (Fsp3) is 0.0370. The molecule has 5 rings (SSSR count). The Kier molecular flexibility index (Phi) is 4.90. The molecule has 0 radical (unpaired) electrons. The minimum atomic E-state index is -1.06. The lowest BCUT2D eigenvalue weighted by molar-refractivity contribution is -0.132. The van der Waals surface area contributed by atoms with E-state index in [2.05, 4.69) is 0 Å². The van der Waals surface area contributed by atoms with Gasteiger partial charge >= 0.3 is 0 Å². The number of fused-ring (bicyclic) bond motifs is 1. The molecule has 0 aliphatic carbocycles. The van der Waals surface area contributed by atoms with Crippen LogP contribution < -0.4 is 4.90 Å². The van der Waals surface area contributed by atoms with Crippen molar-refractivity contribution >= 4 is 33.9 Å². The number of carbonyl (C=O) groups is 2. The van der Waals surface area contributed by atoms with Gasteiger partial charge in [0.15, 0.2) is 0 Å². The Morgan fingerprint density at radius 1 is 0.818 bits per heavy atom. The van der Waals surface area contributed by atoms with E-state index in [1.807, 2.05) is 30.3 Å². The zero-order chi connectivity index (χ0) is 23.1. The maximum absolute atomic E-state index is 13.7. The SMILES string of the molecule is O=C1C(=O)N(c2ccccc2O)C(c2ccc(F)cc2)/C1=C(/O)c1cccc2ccccc12. The average molecular weight is 439 g/mol. The van der Waals surface area contributed by atoms with Gasteiger partial charge in [0, 0.05) is 5.56 Å². The van der Waals surface area contributed by atoms with E-state index in [0.717, 1.165) is 10.3 Å². The molecular formula is C27H18FNO4. The Morgan fingerprint density at radius 2 is 1.48 bits per heavy atom. The van der Waals surface area contributed by atoms with Gasteiger partial charge in [-0.2, -0.15) is 0 Å². The summed E-state index contributed by atoms with van der Waals surface area (Å²) < 4.78 is 13.7. The average Bonchev–Trinajstić information content (AvgIpc) is 3.09. The quantitative estimate of drug-likeness (QED) is 0.258. The number of hydrogen-bond acceptors (Lipinski definition) is 4. The van der Waals surface area contributed by atoms with Crippen LogP contribution in [0.5, 0.6) is 5.75 Å². The fourth-order valence-electron chi connectivity index (χ4n) is 4.29. The van der Waals surface area contributed by atoms with E-state index in [4.69, 9.17) is 0 Å². The van der Waals surface area contributed by atoms with Gasteiger partial charge in [0.1, 0.15) is 17.3 Å². The predicted molar refractivity (Wildman–Crippen MR) is 123 cm³/mol. The number of nitrogens with zero attached hydrogens (tertiary/aromatic N) is 1. The number of aliphatic hydroxyl groups is 1.